The summed E-state index contributed by atoms with van der Waals surface area (Å²) in [5.74, 6) is 0.770. The molecular weight excluding hydrogens is 182 g/mol. The second-order valence-corrected chi connectivity index (χ2v) is 3.86. The van der Waals surface area contributed by atoms with Gasteiger partial charge in [0.1, 0.15) is 5.76 Å². The molecule has 1 aromatic rings. The molecule has 3 N–H and O–H groups in total. The largest absolute Gasteiger partial charge is 0.428 e. The predicted octanol–water partition coefficient (Wildman–Crippen LogP) is 0.212. The molecule has 0 aromatic carbocycles. The zero-order chi connectivity index (χ0) is 10.1. The number of rotatable bonds is 3. The predicted molar refractivity (Wildman–Crippen MR) is 51.4 cm³/mol. The van der Waals surface area contributed by atoms with Gasteiger partial charge in [-0.3, -0.25) is 4.90 Å². The third kappa shape index (κ3) is 1.88. The molecule has 0 aliphatic heterocycles. The topological polar surface area (TPSA) is 75.5 Å². The van der Waals surface area contributed by atoms with Crippen LogP contribution < -0.4 is 5.73 Å². The van der Waals surface area contributed by atoms with Crippen molar-refractivity contribution in [1.29, 1.82) is 0 Å². The number of nitrogens with zero attached hydrogens (tertiary/aromatic N) is 2. The standard InChI is InChI=1S/C9H15N3O2/c1-12(6-2-7(13)3-6)5-8-4-11-9(10)14-8/h4,6-7,13H,2-3,5H2,1H3,(H2,10,11). The van der Waals surface area contributed by atoms with Crippen LogP contribution in [-0.4, -0.2) is 34.2 Å². The summed E-state index contributed by atoms with van der Waals surface area (Å²) >= 11 is 0. The zero-order valence-electron chi connectivity index (χ0n) is 8.18. The van der Waals surface area contributed by atoms with E-state index in [1.807, 2.05) is 7.05 Å². The average Bonchev–Trinajstić information content (AvgIpc) is 2.45. The lowest BCUT2D eigenvalue weighted by atomic mass is 9.88. The normalized spacial score (nSPS) is 26.5. The van der Waals surface area contributed by atoms with Gasteiger partial charge >= 0.3 is 0 Å². The van der Waals surface area contributed by atoms with Gasteiger partial charge in [0, 0.05) is 6.04 Å². The lowest BCUT2D eigenvalue weighted by Crippen LogP contribution is -2.44. The summed E-state index contributed by atoms with van der Waals surface area (Å²) < 4.78 is 5.16. The Morgan fingerprint density at radius 1 is 1.71 bits per heavy atom. The van der Waals surface area contributed by atoms with Gasteiger partial charge in [0.25, 0.3) is 6.01 Å². The number of oxazole rings is 1. The number of aliphatic hydroxyl groups is 1. The number of nitrogen functional groups attached to an aromatic ring is 1. The van der Waals surface area contributed by atoms with Crippen LogP contribution in [0.2, 0.25) is 0 Å². The molecule has 78 valence electrons. The molecule has 1 aliphatic rings. The van der Waals surface area contributed by atoms with Crippen LogP contribution in [-0.2, 0) is 6.54 Å². The van der Waals surface area contributed by atoms with E-state index in [1.54, 1.807) is 6.20 Å². The van der Waals surface area contributed by atoms with Gasteiger partial charge in [0.15, 0.2) is 0 Å². The van der Waals surface area contributed by atoms with Crippen molar-refractivity contribution in [1.82, 2.24) is 9.88 Å². The second kappa shape index (κ2) is 3.59. The maximum absolute atomic E-state index is 9.15. The van der Waals surface area contributed by atoms with E-state index in [0.717, 1.165) is 18.6 Å². The Bertz CT molecular complexity index is 307. The Morgan fingerprint density at radius 3 is 2.93 bits per heavy atom. The molecule has 5 nitrogen and oxygen atoms in total. The van der Waals surface area contributed by atoms with Crippen LogP contribution in [0.15, 0.2) is 10.6 Å². The number of hydrogen-bond acceptors (Lipinski definition) is 5. The van der Waals surface area contributed by atoms with Gasteiger partial charge < -0.3 is 15.3 Å². The minimum atomic E-state index is -0.123. The molecule has 0 unspecified atom stereocenters. The molecule has 0 saturated heterocycles. The second-order valence-electron chi connectivity index (χ2n) is 3.86. The molecular formula is C9H15N3O2. The maximum Gasteiger partial charge on any atom is 0.292 e. The zero-order valence-corrected chi connectivity index (χ0v) is 8.18. The smallest absolute Gasteiger partial charge is 0.292 e. The first-order chi connectivity index (χ1) is 6.65. The van der Waals surface area contributed by atoms with Crippen LogP contribution >= 0.6 is 0 Å². The fraction of sp³-hybridized carbons (Fsp3) is 0.667. The molecule has 1 aliphatic carbocycles. The van der Waals surface area contributed by atoms with Gasteiger partial charge in [0.2, 0.25) is 0 Å². The average molecular weight is 197 g/mol. The summed E-state index contributed by atoms with van der Waals surface area (Å²) in [6.45, 7) is 0.696. The lowest BCUT2D eigenvalue weighted by Gasteiger charge is -2.38. The first kappa shape index (κ1) is 9.48. The van der Waals surface area contributed by atoms with E-state index in [9.17, 15) is 0 Å². The van der Waals surface area contributed by atoms with Gasteiger partial charge in [-0.25, -0.2) is 4.98 Å². The number of aromatic nitrogens is 1. The highest BCUT2D eigenvalue weighted by Crippen LogP contribution is 2.25. The van der Waals surface area contributed by atoms with Crippen molar-refractivity contribution >= 4 is 6.01 Å². The molecule has 1 saturated carbocycles. The highest BCUT2D eigenvalue weighted by molar-refractivity contribution is 5.11. The Labute approximate surface area is 82.5 Å². The molecule has 0 bridgehead atoms. The summed E-state index contributed by atoms with van der Waals surface area (Å²) in [5.41, 5.74) is 5.36. The molecule has 0 atom stereocenters. The summed E-state index contributed by atoms with van der Waals surface area (Å²) in [6, 6.07) is 0.665. The van der Waals surface area contributed by atoms with E-state index < -0.39 is 0 Å². The molecule has 0 radical (unpaired) electrons. The Hall–Kier alpha value is -1.07. The van der Waals surface area contributed by atoms with Crippen molar-refractivity contribution in [3.05, 3.63) is 12.0 Å². The van der Waals surface area contributed by atoms with Crippen LogP contribution in [0.4, 0.5) is 6.01 Å². The van der Waals surface area contributed by atoms with Crippen molar-refractivity contribution in [3.8, 4) is 0 Å². The van der Waals surface area contributed by atoms with Crippen molar-refractivity contribution < 1.29 is 9.52 Å². The SMILES string of the molecule is CN(Cc1cnc(N)o1)C1CC(O)C1. The molecule has 0 amide bonds. The molecule has 5 heteroatoms. The third-order valence-corrected chi connectivity index (χ3v) is 2.69. The molecule has 14 heavy (non-hydrogen) atoms. The minimum absolute atomic E-state index is 0.123. The van der Waals surface area contributed by atoms with E-state index in [2.05, 4.69) is 9.88 Å². The number of anilines is 1. The van der Waals surface area contributed by atoms with E-state index in [1.165, 1.54) is 0 Å². The van der Waals surface area contributed by atoms with E-state index >= 15 is 0 Å². The van der Waals surface area contributed by atoms with Crippen LogP contribution in [0.5, 0.6) is 0 Å². The number of nitrogens with two attached hydrogens (primary N) is 1. The van der Waals surface area contributed by atoms with Crippen LogP contribution in [0.25, 0.3) is 0 Å². The highest BCUT2D eigenvalue weighted by Gasteiger charge is 2.30. The van der Waals surface area contributed by atoms with Crippen LogP contribution in [0, 0.1) is 0 Å². The summed E-state index contributed by atoms with van der Waals surface area (Å²) in [6.07, 6.45) is 3.21. The molecule has 2 rings (SSSR count). The van der Waals surface area contributed by atoms with Crippen LogP contribution in [0.1, 0.15) is 18.6 Å². The van der Waals surface area contributed by atoms with Gasteiger partial charge in [-0.1, -0.05) is 0 Å². The lowest BCUT2D eigenvalue weighted by molar-refractivity contribution is 0.00718. The van der Waals surface area contributed by atoms with Gasteiger partial charge in [-0.15, -0.1) is 0 Å². The third-order valence-electron chi connectivity index (χ3n) is 2.69. The Balaban J connectivity index is 1.85. The van der Waals surface area contributed by atoms with E-state index in [0.29, 0.717) is 12.6 Å². The van der Waals surface area contributed by atoms with E-state index in [4.69, 9.17) is 15.3 Å². The first-order valence-electron chi connectivity index (χ1n) is 4.73. The van der Waals surface area contributed by atoms with Crippen molar-refractivity contribution in [2.75, 3.05) is 12.8 Å². The quantitative estimate of drug-likeness (QED) is 0.724. The fourth-order valence-electron chi connectivity index (χ4n) is 1.69. The van der Waals surface area contributed by atoms with Gasteiger partial charge in [0.05, 0.1) is 18.8 Å². The molecule has 1 heterocycles. The van der Waals surface area contributed by atoms with E-state index in [-0.39, 0.29) is 12.1 Å². The molecule has 0 spiro atoms. The maximum atomic E-state index is 9.15. The number of hydrogen-bond donors (Lipinski definition) is 2. The Morgan fingerprint density at radius 2 is 2.43 bits per heavy atom. The van der Waals surface area contributed by atoms with Crippen molar-refractivity contribution in [3.63, 3.8) is 0 Å². The van der Waals surface area contributed by atoms with Gasteiger partial charge in [-0.2, -0.15) is 0 Å². The summed E-state index contributed by atoms with van der Waals surface area (Å²) in [5, 5.41) is 9.15. The Kier molecular flexibility index (Phi) is 2.43. The molecule has 1 aromatic heterocycles. The molecule has 1 fully saturated rings. The summed E-state index contributed by atoms with van der Waals surface area (Å²) in [4.78, 5) is 5.97. The fourth-order valence-corrected chi connectivity index (χ4v) is 1.69. The van der Waals surface area contributed by atoms with Crippen LogP contribution in [0.3, 0.4) is 0 Å². The van der Waals surface area contributed by atoms with Gasteiger partial charge in [-0.05, 0) is 19.9 Å². The first-order valence-corrected chi connectivity index (χ1v) is 4.73. The van der Waals surface area contributed by atoms with Crippen molar-refractivity contribution in [2.45, 2.75) is 31.5 Å². The highest BCUT2D eigenvalue weighted by atomic mass is 16.4. The minimum Gasteiger partial charge on any atom is -0.428 e. The number of aliphatic hydroxyl groups excluding tert-OH is 1. The monoisotopic (exact) mass is 197 g/mol. The summed E-state index contributed by atoms with van der Waals surface area (Å²) in [7, 11) is 2.01. The van der Waals surface area contributed by atoms with Crippen molar-refractivity contribution in [2.24, 2.45) is 0 Å².